The molecule has 1 unspecified atom stereocenters. The van der Waals surface area contributed by atoms with E-state index in [4.69, 9.17) is 5.73 Å². The lowest BCUT2D eigenvalue weighted by Crippen LogP contribution is -2.13. The summed E-state index contributed by atoms with van der Waals surface area (Å²) in [5.41, 5.74) is 10.00. The van der Waals surface area contributed by atoms with Crippen molar-refractivity contribution in [2.75, 3.05) is 0 Å². The quantitative estimate of drug-likeness (QED) is 0.881. The average molecular weight is 308 g/mol. The zero-order valence-corrected chi connectivity index (χ0v) is 12.0. The molecule has 0 bridgehead atoms. The average Bonchev–Trinajstić information content (AvgIpc) is 2.26. The smallest absolute Gasteiger partial charge is 0.123 e. The zero-order valence-electron chi connectivity index (χ0n) is 10.4. The molecule has 0 spiro atoms. The lowest BCUT2D eigenvalue weighted by molar-refractivity contribution is 0.622. The molecule has 1 atom stereocenters. The molecular formula is C15H15BrFN. The summed E-state index contributed by atoms with van der Waals surface area (Å²) < 4.78 is 14.4. The Kier molecular flexibility index (Phi) is 3.83. The van der Waals surface area contributed by atoms with Gasteiger partial charge in [-0.2, -0.15) is 0 Å². The van der Waals surface area contributed by atoms with Gasteiger partial charge >= 0.3 is 0 Å². The molecule has 2 N–H and O–H groups in total. The minimum Gasteiger partial charge on any atom is -0.320 e. The van der Waals surface area contributed by atoms with Gasteiger partial charge in [-0.15, -0.1) is 0 Å². The highest BCUT2D eigenvalue weighted by Crippen LogP contribution is 2.28. The minimum atomic E-state index is -0.325. The normalized spacial score (nSPS) is 12.5. The van der Waals surface area contributed by atoms with Gasteiger partial charge in [-0.3, -0.25) is 0 Å². The van der Waals surface area contributed by atoms with E-state index in [9.17, 15) is 4.39 Å². The third-order valence-electron chi connectivity index (χ3n) is 2.91. The second kappa shape index (κ2) is 5.21. The molecule has 0 saturated heterocycles. The van der Waals surface area contributed by atoms with E-state index in [1.165, 1.54) is 12.1 Å². The molecule has 2 rings (SSSR count). The van der Waals surface area contributed by atoms with Crippen LogP contribution in [0, 0.1) is 19.7 Å². The maximum Gasteiger partial charge on any atom is 0.123 e. The number of hydrogen-bond donors (Lipinski definition) is 1. The van der Waals surface area contributed by atoms with Crippen LogP contribution in [-0.2, 0) is 0 Å². The van der Waals surface area contributed by atoms with Gasteiger partial charge in [0, 0.05) is 4.47 Å². The SMILES string of the molecule is Cc1cc(F)cc(C(N)c2ccc(C)cc2Br)c1. The van der Waals surface area contributed by atoms with Crippen LogP contribution >= 0.6 is 15.9 Å². The first kappa shape index (κ1) is 13.2. The predicted molar refractivity (Wildman–Crippen MR) is 76.0 cm³/mol. The van der Waals surface area contributed by atoms with Crippen LogP contribution in [0.3, 0.4) is 0 Å². The monoisotopic (exact) mass is 307 g/mol. The second-order valence-corrected chi connectivity index (χ2v) is 5.42. The first-order chi connectivity index (χ1) is 8.47. The van der Waals surface area contributed by atoms with Crippen molar-refractivity contribution in [3.05, 3.63) is 68.9 Å². The van der Waals surface area contributed by atoms with Crippen molar-refractivity contribution in [2.24, 2.45) is 5.73 Å². The number of aryl methyl sites for hydroxylation is 2. The Labute approximate surface area is 115 Å². The van der Waals surface area contributed by atoms with E-state index in [2.05, 4.69) is 15.9 Å². The molecule has 3 heteroatoms. The van der Waals surface area contributed by atoms with E-state index >= 15 is 0 Å². The molecule has 18 heavy (non-hydrogen) atoms. The molecule has 0 heterocycles. The van der Waals surface area contributed by atoms with Crippen molar-refractivity contribution in [3.8, 4) is 0 Å². The largest absolute Gasteiger partial charge is 0.320 e. The van der Waals surface area contributed by atoms with Crippen molar-refractivity contribution in [2.45, 2.75) is 19.9 Å². The third kappa shape index (κ3) is 2.79. The summed E-state index contributed by atoms with van der Waals surface area (Å²) in [6, 6.07) is 10.6. The molecule has 2 aromatic rings. The first-order valence-electron chi connectivity index (χ1n) is 5.76. The van der Waals surface area contributed by atoms with Crippen LogP contribution in [0.25, 0.3) is 0 Å². The van der Waals surface area contributed by atoms with Crippen LogP contribution < -0.4 is 5.73 Å². The van der Waals surface area contributed by atoms with Gasteiger partial charge in [0.2, 0.25) is 0 Å². The van der Waals surface area contributed by atoms with Crippen LogP contribution in [-0.4, -0.2) is 0 Å². The fraction of sp³-hybridized carbons (Fsp3) is 0.200. The van der Waals surface area contributed by atoms with Crippen LogP contribution in [0.2, 0.25) is 0 Å². The lowest BCUT2D eigenvalue weighted by Gasteiger charge is -2.15. The summed E-state index contributed by atoms with van der Waals surface area (Å²) in [5, 5.41) is 0. The maximum atomic E-state index is 13.4. The van der Waals surface area contributed by atoms with Crippen LogP contribution in [0.4, 0.5) is 4.39 Å². The second-order valence-electron chi connectivity index (χ2n) is 4.56. The highest BCUT2D eigenvalue weighted by atomic mass is 79.9. The Bertz CT molecular complexity index is 560. The van der Waals surface area contributed by atoms with E-state index in [0.717, 1.165) is 26.7 Å². The molecular weight excluding hydrogens is 293 g/mol. The summed E-state index contributed by atoms with van der Waals surface area (Å²) in [6.07, 6.45) is 0. The van der Waals surface area contributed by atoms with Crippen molar-refractivity contribution in [1.29, 1.82) is 0 Å². The molecule has 0 aliphatic rings. The Morgan fingerprint density at radius 2 is 1.78 bits per heavy atom. The molecule has 0 aliphatic heterocycles. The van der Waals surface area contributed by atoms with Crippen LogP contribution in [0.15, 0.2) is 40.9 Å². The highest BCUT2D eigenvalue weighted by Gasteiger charge is 2.13. The van der Waals surface area contributed by atoms with Crippen molar-refractivity contribution < 1.29 is 4.39 Å². The van der Waals surface area contributed by atoms with Gasteiger partial charge in [0.15, 0.2) is 0 Å². The molecule has 1 nitrogen and oxygen atoms in total. The van der Waals surface area contributed by atoms with Gasteiger partial charge in [-0.1, -0.05) is 34.1 Å². The van der Waals surface area contributed by atoms with Crippen molar-refractivity contribution >= 4 is 15.9 Å². The Morgan fingerprint density at radius 3 is 2.39 bits per heavy atom. The van der Waals surface area contributed by atoms with Gasteiger partial charge < -0.3 is 5.73 Å². The van der Waals surface area contributed by atoms with E-state index in [0.29, 0.717) is 0 Å². The summed E-state index contributed by atoms with van der Waals surface area (Å²) in [5.74, 6) is -0.247. The molecule has 0 fully saturated rings. The van der Waals surface area contributed by atoms with E-state index in [-0.39, 0.29) is 11.9 Å². The third-order valence-corrected chi connectivity index (χ3v) is 3.60. The number of benzene rings is 2. The zero-order chi connectivity index (χ0) is 13.3. The van der Waals surface area contributed by atoms with Gasteiger partial charge in [0.05, 0.1) is 6.04 Å². The summed E-state index contributed by atoms with van der Waals surface area (Å²) in [4.78, 5) is 0. The Hall–Kier alpha value is -1.19. The van der Waals surface area contributed by atoms with E-state index in [1.54, 1.807) is 0 Å². The molecule has 0 aliphatic carbocycles. The summed E-state index contributed by atoms with van der Waals surface area (Å²) >= 11 is 3.51. The predicted octanol–water partition coefficient (Wildman–Crippen LogP) is 4.25. The summed E-state index contributed by atoms with van der Waals surface area (Å²) in [6.45, 7) is 3.88. The van der Waals surface area contributed by atoms with Crippen molar-refractivity contribution in [3.63, 3.8) is 0 Å². The van der Waals surface area contributed by atoms with Crippen LogP contribution in [0.1, 0.15) is 28.3 Å². The molecule has 0 radical (unpaired) electrons. The number of nitrogens with two attached hydrogens (primary N) is 1. The van der Waals surface area contributed by atoms with Gasteiger partial charge in [0.1, 0.15) is 5.82 Å². The molecule has 0 saturated carbocycles. The fourth-order valence-electron chi connectivity index (χ4n) is 2.01. The molecule has 0 amide bonds. The molecule has 0 aromatic heterocycles. The van der Waals surface area contributed by atoms with Gasteiger partial charge in [0.25, 0.3) is 0 Å². The first-order valence-corrected chi connectivity index (χ1v) is 6.55. The van der Waals surface area contributed by atoms with E-state index < -0.39 is 0 Å². The molecule has 94 valence electrons. The Morgan fingerprint density at radius 1 is 1.06 bits per heavy atom. The van der Waals surface area contributed by atoms with Crippen molar-refractivity contribution in [1.82, 2.24) is 0 Å². The van der Waals surface area contributed by atoms with E-state index in [1.807, 2.05) is 38.1 Å². The number of halogens is 2. The van der Waals surface area contributed by atoms with Gasteiger partial charge in [-0.25, -0.2) is 4.39 Å². The maximum absolute atomic E-state index is 13.4. The van der Waals surface area contributed by atoms with Crippen LogP contribution in [0.5, 0.6) is 0 Å². The standard InChI is InChI=1S/C15H15BrFN/c1-9-3-4-13(14(16)7-9)15(18)11-5-10(2)6-12(17)8-11/h3-8,15H,18H2,1-2H3. The number of rotatable bonds is 2. The minimum absolute atomic E-state index is 0.247. The lowest BCUT2D eigenvalue weighted by atomic mass is 9.97. The fourth-order valence-corrected chi connectivity index (χ4v) is 2.75. The molecule has 2 aromatic carbocycles. The highest BCUT2D eigenvalue weighted by molar-refractivity contribution is 9.10. The summed E-state index contributed by atoms with van der Waals surface area (Å²) in [7, 11) is 0. The van der Waals surface area contributed by atoms with Gasteiger partial charge in [-0.05, 0) is 54.3 Å². The number of hydrogen-bond acceptors (Lipinski definition) is 1. The Balaban J connectivity index is 2.44. The topological polar surface area (TPSA) is 26.0 Å².